The first kappa shape index (κ1) is 15.0. The average Bonchev–Trinajstić information content (AvgIpc) is 2.64. The normalized spacial score (nSPS) is 33.8. The molecule has 4 nitrogen and oxygen atoms in total. The summed E-state index contributed by atoms with van der Waals surface area (Å²) in [6.45, 7) is 5.14. The Morgan fingerprint density at radius 2 is 2.05 bits per heavy atom. The number of ketones is 1. The highest BCUT2D eigenvalue weighted by molar-refractivity contribution is 7.91. The van der Waals surface area contributed by atoms with Gasteiger partial charge in [0.25, 0.3) is 0 Å². The fourth-order valence-corrected chi connectivity index (χ4v) is 5.14. The average molecular weight is 287 g/mol. The molecule has 0 bridgehead atoms. The second-order valence-corrected chi connectivity index (χ2v) is 9.26. The van der Waals surface area contributed by atoms with Gasteiger partial charge in [0.15, 0.2) is 9.84 Å². The van der Waals surface area contributed by atoms with E-state index in [-0.39, 0.29) is 23.1 Å². The van der Waals surface area contributed by atoms with Crippen LogP contribution < -0.4 is 0 Å². The van der Waals surface area contributed by atoms with E-state index in [9.17, 15) is 13.2 Å². The van der Waals surface area contributed by atoms with Crippen molar-refractivity contribution in [2.24, 2.45) is 11.3 Å². The molecule has 2 rings (SSSR count). The molecule has 19 heavy (non-hydrogen) atoms. The van der Waals surface area contributed by atoms with E-state index in [1.165, 1.54) is 0 Å². The van der Waals surface area contributed by atoms with Crippen molar-refractivity contribution in [2.75, 3.05) is 25.1 Å². The molecule has 0 radical (unpaired) electrons. The minimum Gasteiger partial charge on any atom is -0.302 e. The summed E-state index contributed by atoms with van der Waals surface area (Å²) in [5.41, 5.74) is 0.237. The summed E-state index contributed by atoms with van der Waals surface area (Å²) in [4.78, 5) is 14.1. The van der Waals surface area contributed by atoms with E-state index in [4.69, 9.17) is 0 Å². The van der Waals surface area contributed by atoms with Crippen LogP contribution in [0.2, 0.25) is 0 Å². The summed E-state index contributed by atoms with van der Waals surface area (Å²) < 4.78 is 23.0. The van der Waals surface area contributed by atoms with Crippen molar-refractivity contribution in [3.63, 3.8) is 0 Å². The van der Waals surface area contributed by atoms with Crippen molar-refractivity contribution in [3.8, 4) is 0 Å². The van der Waals surface area contributed by atoms with E-state index in [2.05, 4.69) is 18.7 Å². The molecule has 0 aromatic heterocycles. The van der Waals surface area contributed by atoms with Crippen LogP contribution in [0.1, 0.15) is 39.5 Å². The maximum absolute atomic E-state index is 12.0. The van der Waals surface area contributed by atoms with Gasteiger partial charge in [-0.15, -0.1) is 0 Å². The van der Waals surface area contributed by atoms with Crippen LogP contribution in [0, 0.1) is 11.3 Å². The number of rotatable bonds is 3. The number of hydrogen-bond acceptors (Lipinski definition) is 4. The van der Waals surface area contributed by atoms with Gasteiger partial charge in [0, 0.05) is 24.9 Å². The molecule has 0 aromatic carbocycles. The Morgan fingerprint density at radius 1 is 1.37 bits per heavy atom. The topological polar surface area (TPSA) is 54.5 Å². The van der Waals surface area contributed by atoms with Gasteiger partial charge in [0.1, 0.15) is 5.78 Å². The summed E-state index contributed by atoms with van der Waals surface area (Å²) in [5, 5.41) is 0. The van der Waals surface area contributed by atoms with Gasteiger partial charge in [0.05, 0.1) is 11.5 Å². The molecule has 5 heteroatoms. The van der Waals surface area contributed by atoms with Crippen LogP contribution in [0.4, 0.5) is 0 Å². The number of hydrogen-bond donors (Lipinski definition) is 0. The summed E-state index contributed by atoms with van der Waals surface area (Å²) in [6, 6.07) is 0.0999. The van der Waals surface area contributed by atoms with Crippen LogP contribution in [-0.2, 0) is 14.6 Å². The van der Waals surface area contributed by atoms with Crippen LogP contribution in [-0.4, -0.2) is 50.2 Å². The highest BCUT2D eigenvalue weighted by Crippen LogP contribution is 2.37. The fourth-order valence-electron chi connectivity index (χ4n) is 3.33. The van der Waals surface area contributed by atoms with Crippen molar-refractivity contribution < 1.29 is 13.2 Å². The van der Waals surface area contributed by atoms with Crippen molar-refractivity contribution in [1.29, 1.82) is 0 Å². The third kappa shape index (κ3) is 3.78. The minimum atomic E-state index is -2.84. The number of sulfone groups is 1. The molecule has 2 unspecified atom stereocenters. The smallest absolute Gasteiger partial charge is 0.151 e. The Balaban J connectivity index is 1.95. The zero-order chi connectivity index (χ0) is 14.3. The summed E-state index contributed by atoms with van der Waals surface area (Å²) in [6.07, 6.45) is 3.29. The molecule has 1 aliphatic heterocycles. The van der Waals surface area contributed by atoms with Gasteiger partial charge in [-0.3, -0.25) is 4.79 Å². The van der Waals surface area contributed by atoms with E-state index in [1.807, 2.05) is 7.05 Å². The monoisotopic (exact) mass is 287 g/mol. The lowest BCUT2D eigenvalue weighted by molar-refractivity contribution is -0.127. The summed E-state index contributed by atoms with van der Waals surface area (Å²) >= 11 is 0. The van der Waals surface area contributed by atoms with E-state index in [0.29, 0.717) is 30.9 Å². The molecule has 1 saturated carbocycles. The first-order valence-electron chi connectivity index (χ1n) is 7.12. The van der Waals surface area contributed by atoms with Crippen molar-refractivity contribution in [2.45, 2.75) is 45.6 Å². The molecule has 1 aliphatic carbocycles. The van der Waals surface area contributed by atoms with Crippen LogP contribution in [0.3, 0.4) is 0 Å². The SMILES string of the molecule is CN(CC1CC(C)(C)CCC1=O)C1CCS(=O)(=O)C1. The zero-order valence-corrected chi connectivity index (χ0v) is 13.0. The third-order valence-electron chi connectivity index (χ3n) is 4.64. The first-order chi connectivity index (χ1) is 8.69. The predicted molar refractivity (Wildman–Crippen MR) is 75.8 cm³/mol. The maximum Gasteiger partial charge on any atom is 0.151 e. The van der Waals surface area contributed by atoms with E-state index < -0.39 is 9.84 Å². The van der Waals surface area contributed by atoms with E-state index in [1.54, 1.807) is 0 Å². The highest BCUT2D eigenvalue weighted by atomic mass is 32.2. The molecule has 0 spiro atoms. The van der Waals surface area contributed by atoms with E-state index in [0.717, 1.165) is 12.8 Å². The van der Waals surface area contributed by atoms with E-state index >= 15 is 0 Å². The Hall–Kier alpha value is -0.420. The van der Waals surface area contributed by atoms with Crippen LogP contribution in [0.5, 0.6) is 0 Å². The maximum atomic E-state index is 12.0. The predicted octanol–water partition coefficient (Wildman–Crippen LogP) is 1.50. The Labute approximate surface area is 116 Å². The van der Waals surface area contributed by atoms with Gasteiger partial charge in [-0.2, -0.15) is 0 Å². The van der Waals surface area contributed by atoms with Gasteiger partial charge in [-0.25, -0.2) is 8.42 Å². The molecule has 1 heterocycles. The molecule has 0 aromatic rings. The minimum absolute atomic E-state index is 0.0806. The Kier molecular flexibility index (Phi) is 4.07. The molecule has 2 aliphatic rings. The van der Waals surface area contributed by atoms with Gasteiger partial charge in [-0.05, 0) is 31.7 Å². The second kappa shape index (κ2) is 5.17. The lowest BCUT2D eigenvalue weighted by atomic mass is 9.71. The molecule has 2 atom stereocenters. The summed E-state index contributed by atoms with van der Waals surface area (Å²) in [5.74, 6) is 0.990. The summed E-state index contributed by atoms with van der Waals surface area (Å²) in [7, 11) is -0.886. The third-order valence-corrected chi connectivity index (χ3v) is 6.39. The van der Waals surface area contributed by atoms with Crippen LogP contribution in [0.15, 0.2) is 0 Å². The number of nitrogens with zero attached hydrogens (tertiary/aromatic N) is 1. The first-order valence-corrected chi connectivity index (χ1v) is 8.94. The van der Waals surface area contributed by atoms with Crippen molar-refractivity contribution in [1.82, 2.24) is 4.90 Å². The molecular weight excluding hydrogens is 262 g/mol. The quantitative estimate of drug-likeness (QED) is 0.789. The van der Waals surface area contributed by atoms with Gasteiger partial charge in [-0.1, -0.05) is 13.8 Å². The molecular formula is C14H25NO3S. The zero-order valence-electron chi connectivity index (χ0n) is 12.2. The van der Waals surface area contributed by atoms with Crippen LogP contribution in [0.25, 0.3) is 0 Å². The number of Topliss-reactive ketones (excluding diaryl/α,β-unsaturated/α-hetero) is 1. The number of carbonyl (C=O) groups is 1. The lowest BCUT2D eigenvalue weighted by Crippen LogP contribution is -2.42. The number of carbonyl (C=O) groups excluding carboxylic acids is 1. The van der Waals surface area contributed by atoms with Gasteiger partial charge in [0.2, 0.25) is 0 Å². The standard InChI is InChI=1S/C14H25NO3S/c1-14(2)6-4-13(16)11(8-14)9-15(3)12-5-7-19(17,18)10-12/h11-12H,4-10H2,1-3H3. The van der Waals surface area contributed by atoms with Crippen LogP contribution >= 0.6 is 0 Å². The Morgan fingerprint density at radius 3 is 2.63 bits per heavy atom. The molecule has 110 valence electrons. The molecule has 0 amide bonds. The molecule has 2 fully saturated rings. The molecule has 0 N–H and O–H groups in total. The fraction of sp³-hybridized carbons (Fsp3) is 0.929. The highest BCUT2D eigenvalue weighted by Gasteiger charge is 2.36. The largest absolute Gasteiger partial charge is 0.302 e. The molecule has 1 saturated heterocycles. The van der Waals surface area contributed by atoms with Gasteiger partial charge < -0.3 is 4.90 Å². The lowest BCUT2D eigenvalue weighted by Gasteiger charge is -2.37. The Bertz CT molecular complexity index is 455. The van der Waals surface area contributed by atoms with Gasteiger partial charge >= 0.3 is 0 Å². The van der Waals surface area contributed by atoms with Crippen molar-refractivity contribution in [3.05, 3.63) is 0 Å². The van der Waals surface area contributed by atoms with Crippen molar-refractivity contribution >= 4 is 15.6 Å². The second-order valence-electron chi connectivity index (χ2n) is 7.03.